The zero-order chi connectivity index (χ0) is 35.3. The van der Waals surface area contributed by atoms with Gasteiger partial charge in [0.2, 0.25) is 0 Å². The first-order valence-corrected chi connectivity index (χ1v) is 20.6. The molecule has 0 atom stereocenters. The van der Waals surface area contributed by atoms with E-state index < -0.39 is 0 Å². The van der Waals surface area contributed by atoms with E-state index in [1.54, 1.807) is 4.90 Å². The lowest BCUT2D eigenvalue weighted by Crippen LogP contribution is -2.32. The Morgan fingerprint density at radius 1 is 0.521 bits per heavy atom. The summed E-state index contributed by atoms with van der Waals surface area (Å²) >= 11 is 1.25. The molecule has 8 heteroatoms. The van der Waals surface area contributed by atoms with Crippen LogP contribution in [0.3, 0.4) is 0 Å². The topological polar surface area (TPSA) is 76.1 Å². The fourth-order valence-corrected chi connectivity index (χ4v) is 6.28. The molecule has 0 aliphatic carbocycles. The molecule has 7 nitrogen and oxygen atoms in total. The number of ether oxygens (including phenoxy) is 2. The average molecular weight is 695 g/mol. The van der Waals surface area contributed by atoms with Gasteiger partial charge in [-0.1, -0.05) is 153 Å². The number of amides is 1. The number of thioether (sulfide) groups is 1. The maximum Gasteiger partial charge on any atom is 0.307 e. The van der Waals surface area contributed by atoms with Gasteiger partial charge in [0.1, 0.15) is 13.2 Å². The fourth-order valence-electron chi connectivity index (χ4n) is 5.29. The molecule has 0 rings (SSSR count). The van der Waals surface area contributed by atoms with Crippen molar-refractivity contribution in [1.82, 2.24) is 9.80 Å². The van der Waals surface area contributed by atoms with Crippen LogP contribution in [0.4, 0.5) is 4.79 Å². The van der Waals surface area contributed by atoms with Gasteiger partial charge in [-0.05, 0) is 46.2 Å². The molecule has 0 heterocycles. The van der Waals surface area contributed by atoms with Gasteiger partial charge in [-0.2, -0.15) is 0 Å². The number of hydrogen-bond donors (Lipinski definition) is 0. The third-order valence-corrected chi connectivity index (χ3v) is 9.27. The molecular formula is C40H74N2O5S. The number of unbranched alkanes of at least 4 members (excludes halogenated alkanes) is 18. The lowest BCUT2D eigenvalue weighted by Gasteiger charge is -2.22. The molecule has 280 valence electrons. The van der Waals surface area contributed by atoms with Crippen molar-refractivity contribution in [3.8, 4) is 0 Å². The van der Waals surface area contributed by atoms with Crippen LogP contribution in [0.5, 0.6) is 0 Å². The smallest absolute Gasteiger partial charge is 0.307 e. The second kappa shape index (κ2) is 36.5. The Kier molecular flexibility index (Phi) is 35.1. The molecule has 0 spiro atoms. The van der Waals surface area contributed by atoms with Crippen molar-refractivity contribution in [2.45, 2.75) is 162 Å². The van der Waals surface area contributed by atoms with E-state index in [0.717, 1.165) is 19.4 Å². The summed E-state index contributed by atoms with van der Waals surface area (Å²) in [5.74, 6) is 0.0978. The van der Waals surface area contributed by atoms with Crippen LogP contribution in [0.2, 0.25) is 0 Å². The molecule has 0 aliphatic rings. The second-order valence-electron chi connectivity index (χ2n) is 13.3. The van der Waals surface area contributed by atoms with Crippen LogP contribution >= 0.6 is 11.8 Å². The van der Waals surface area contributed by atoms with Gasteiger partial charge < -0.3 is 19.3 Å². The Labute approximate surface area is 300 Å². The number of carbonyl (C=O) groups excluding carboxylic acids is 3. The van der Waals surface area contributed by atoms with Crippen LogP contribution in [0.25, 0.3) is 0 Å². The van der Waals surface area contributed by atoms with E-state index in [0.29, 0.717) is 25.3 Å². The van der Waals surface area contributed by atoms with Gasteiger partial charge in [0.15, 0.2) is 0 Å². The van der Waals surface area contributed by atoms with Gasteiger partial charge in [0.05, 0.1) is 6.42 Å². The number of hydrogen-bond acceptors (Lipinski definition) is 7. The van der Waals surface area contributed by atoms with Gasteiger partial charge in [-0.3, -0.25) is 14.4 Å². The van der Waals surface area contributed by atoms with Crippen molar-refractivity contribution < 1.29 is 23.9 Å². The Hall–Kier alpha value is -1.80. The van der Waals surface area contributed by atoms with Crippen LogP contribution in [0.15, 0.2) is 24.3 Å². The number of esters is 2. The van der Waals surface area contributed by atoms with E-state index in [1.165, 1.54) is 127 Å². The number of rotatable bonds is 34. The lowest BCUT2D eigenvalue weighted by molar-refractivity contribution is -0.143. The molecule has 0 saturated heterocycles. The predicted molar refractivity (Wildman–Crippen MR) is 206 cm³/mol. The summed E-state index contributed by atoms with van der Waals surface area (Å²) in [6, 6.07) is 0. The lowest BCUT2D eigenvalue weighted by atomic mass is 10.1. The van der Waals surface area contributed by atoms with E-state index in [1.807, 2.05) is 31.1 Å². The first kappa shape index (κ1) is 46.2. The van der Waals surface area contributed by atoms with E-state index in [-0.39, 0.29) is 43.2 Å². The van der Waals surface area contributed by atoms with Crippen LogP contribution in [-0.2, 0) is 19.1 Å². The molecule has 0 saturated carbocycles. The molecule has 48 heavy (non-hydrogen) atoms. The first-order valence-electron chi connectivity index (χ1n) is 19.6. The van der Waals surface area contributed by atoms with Crippen molar-refractivity contribution >= 4 is 28.9 Å². The second-order valence-corrected chi connectivity index (χ2v) is 14.3. The highest BCUT2D eigenvalue weighted by Crippen LogP contribution is 2.13. The monoisotopic (exact) mass is 695 g/mol. The van der Waals surface area contributed by atoms with E-state index in [9.17, 15) is 14.4 Å². The number of carbonyl (C=O) groups is 3. The quantitative estimate of drug-likeness (QED) is 0.0377. The van der Waals surface area contributed by atoms with Gasteiger partial charge in [-0.25, -0.2) is 0 Å². The average Bonchev–Trinajstić information content (AvgIpc) is 3.06. The summed E-state index contributed by atoms with van der Waals surface area (Å²) in [5, 5.41) is -0.0710. The third-order valence-electron chi connectivity index (χ3n) is 8.38. The Morgan fingerprint density at radius 2 is 0.958 bits per heavy atom. The summed E-state index contributed by atoms with van der Waals surface area (Å²) in [4.78, 5) is 41.2. The van der Waals surface area contributed by atoms with Crippen molar-refractivity contribution in [3.63, 3.8) is 0 Å². The minimum absolute atomic E-state index is 0.0710. The highest BCUT2D eigenvalue weighted by molar-refractivity contribution is 8.13. The Morgan fingerprint density at radius 3 is 1.42 bits per heavy atom. The normalized spacial score (nSPS) is 11.6. The molecule has 0 bridgehead atoms. The van der Waals surface area contributed by atoms with Crippen LogP contribution in [0, 0.1) is 0 Å². The highest BCUT2D eigenvalue weighted by atomic mass is 32.2. The zero-order valence-electron chi connectivity index (χ0n) is 31.7. The van der Waals surface area contributed by atoms with Gasteiger partial charge >= 0.3 is 11.9 Å². The predicted octanol–water partition coefficient (Wildman–Crippen LogP) is 10.9. The molecule has 0 N–H and O–H groups in total. The third kappa shape index (κ3) is 34.1. The van der Waals surface area contributed by atoms with Crippen molar-refractivity contribution in [2.75, 3.05) is 52.7 Å². The standard InChI is InChI=1S/C40H74N2O5S/c1-5-7-9-11-13-15-17-19-21-23-25-27-35-46-38(43)30-29-32-42(40(45)48-37-34-41(3)4)33-31-39(44)47-36-28-26-24-22-20-18-16-14-12-10-8-6-2/h25-28H,5-24,29-37H2,1-4H3/b27-25-,28-26-. The molecule has 0 aromatic carbocycles. The zero-order valence-corrected chi connectivity index (χ0v) is 32.5. The maximum atomic E-state index is 12.9. The molecule has 0 radical (unpaired) electrons. The van der Waals surface area contributed by atoms with Gasteiger partial charge in [-0.15, -0.1) is 0 Å². The molecular weight excluding hydrogens is 621 g/mol. The molecule has 0 unspecified atom stereocenters. The SMILES string of the molecule is CCCCCCCCCCC/C=C\COC(=O)CCCN(CCC(=O)OC/C=C\CCCCCCCCCCC)C(=O)SCCN(C)C. The molecule has 1 amide bonds. The molecule has 0 fully saturated rings. The summed E-state index contributed by atoms with van der Waals surface area (Å²) in [6.07, 6.45) is 34.6. The van der Waals surface area contributed by atoms with Crippen LogP contribution in [-0.4, -0.2) is 79.7 Å². The van der Waals surface area contributed by atoms with Gasteiger partial charge in [0.25, 0.3) is 5.24 Å². The number of allylic oxidation sites excluding steroid dienone is 2. The molecule has 0 aliphatic heterocycles. The van der Waals surface area contributed by atoms with Crippen LogP contribution < -0.4 is 0 Å². The minimum Gasteiger partial charge on any atom is -0.461 e. The Balaban J connectivity index is 4.19. The van der Waals surface area contributed by atoms with Crippen molar-refractivity contribution in [3.05, 3.63) is 24.3 Å². The van der Waals surface area contributed by atoms with E-state index in [2.05, 4.69) is 26.0 Å². The van der Waals surface area contributed by atoms with Crippen molar-refractivity contribution in [2.24, 2.45) is 0 Å². The summed E-state index contributed by atoms with van der Waals surface area (Å²) < 4.78 is 10.7. The van der Waals surface area contributed by atoms with Crippen LogP contribution in [0.1, 0.15) is 162 Å². The fraction of sp³-hybridized carbons (Fsp3) is 0.825. The van der Waals surface area contributed by atoms with E-state index in [4.69, 9.17) is 9.47 Å². The summed E-state index contributed by atoms with van der Waals surface area (Å²) in [5.41, 5.74) is 0. The largest absolute Gasteiger partial charge is 0.461 e. The number of nitrogens with zero attached hydrogens (tertiary/aromatic N) is 2. The van der Waals surface area contributed by atoms with Crippen molar-refractivity contribution in [1.29, 1.82) is 0 Å². The summed E-state index contributed by atoms with van der Waals surface area (Å²) in [6.45, 7) is 6.54. The molecule has 0 aromatic heterocycles. The van der Waals surface area contributed by atoms with Gasteiger partial charge in [0, 0.05) is 31.8 Å². The van der Waals surface area contributed by atoms with E-state index >= 15 is 0 Å². The molecule has 0 aromatic rings. The summed E-state index contributed by atoms with van der Waals surface area (Å²) in [7, 11) is 3.95. The Bertz CT molecular complexity index is 817. The minimum atomic E-state index is -0.313. The first-order chi connectivity index (χ1) is 23.4. The maximum absolute atomic E-state index is 12.9. The highest BCUT2D eigenvalue weighted by Gasteiger charge is 2.17.